The third-order valence-corrected chi connectivity index (χ3v) is 1.50. The molecule has 60 valence electrons. The highest BCUT2D eigenvalue weighted by Gasteiger charge is 2.68. The molecule has 1 rings (SSSR count). The van der Waals surface area contributed by atoms with E-state index in [9.17, 15) is 17.6 Å². The van der Waals surface area contributed by atoms with Crippen molar-refractivity contribution in [1.82, 2.24) is 0 Å². The fourth-order valence-electron chi connectivity index (χ4n) is 0.321. The van der Waals surface area contributed by atoms with Crippen molar-refractivity contribution in [2.75, 3.05) is 0 Å². The molecule has 0 aromatic carbocycles. The molecular formula is C2HF4O3P. The summed E-state index contributed by atoms with van der Waals surface area (Å²) in [5.74, 6) is 0. The van der Waals surface area contributed by atoms with Gasteiger partial charge in [-0.05, 0) is 0 Å². The number of hydrogen-bond donors (Lipinski definition) is 1. The van der Waals surface area contributed by atoms with Gasteiger partial charge < -0.3 is 4.89 Å². The number of alkyl halides is 4. The summed E-state index contributed by atoms with van der Waals surface area (Å²) in [5.41, 5.74) is 0. The molecule has 0 saturated carbocycles. The van der Waals surface area contributed by atoms with E-state index in [2.05, 4.69) is 9.05 Å². The Hall–Kier alpha value is 0.0300. The minimum atomic E-state index is -4.71. The van der Waals surface area contributed by atoms with Crippen LogP contribution in [0.4, 0.5) is 17.6 Å². The maximum atomic E-state index is 11.7. The highest BCUT2D eigenvalue weighted by molar-refractivity contribution is 7.40. The van der Waals surface area contributed by atoms with Crippen LogP contribution in [0.5, 0.6) is 0 Å². The van der Waals surface area contributed by atoms with Crippen molar-refractivity contribution in [3.63, 3.8) is 0 Å². The van der Waals surface area contributed by atoms with Gasteiger partial charge in [0.25, 0.3) is 0 Å². The number of rotatable bonds is 0. The van der Waals surface area contributed by atoms with Crippen molar-refractivity contribution in [1.29, 1.82) is 0 Å². The average molecular weight is 180 g/mol. The first-order valence-corrected chi connectivity index (χ1v) is 3.11. The number of hydrogen-bond acceptors (Lipinski definition) is 3. The summed E-state index contributed by atoms with van der Waals surface area (Å²) in [7, 11) is -3.14. The van der Waals surface area contributed by atoms with E-state index in [1.54, 1.807) is 0 Å². The molecule has 1 aliphatic rings. The third-order valence-electron chi connectivity index (χ3n) is 0.724. The van der Waals surface area contributed by atoms with Gasteiger partial charge in [0.1, 0.15) is 0 Å². The molecule has 8 heteroatoms. The molecule has 0 unspecified atom stereocenters. The molecule has 0 aliphatic carbocycles. The molecule has 1 N–H and O–H groups in total. The Morgan fingerprint density at radius 1 is 1.00 bits per heavy atom. The zero-order valence-electron chi connectivity index (χ0n) is 4.22. The lowest BCUT2D eigenvalue weighted by Gasteiger charge is -2.11. The van der Waals surface area contributed by atoms with E-state index >= 15 is 0 Å². The van der Waals surface area contributed by atoms with Crippen molar-refractivity contribution in [2.24, 2.45) is 0 Å². The lowest BCUT2D eigenvalue weighted by molar-refractivity contribution is -0.344. The maximum absolute atomic E-state index is 11.7. The van der Waals surface area contributed by atoms with E-state index < -0.39 is 20.8 Å². The van der Waals surface area contributed by atoms with Crippen molar-refractivity contribution >= 4 is 8.60 Å². The van der Waals surface area contributed by atoms with Crippen LogP contribution in [-0.2, 0) is 9.05 Å². The summed E-state index contributed by atoms with van der Waals surface area (Å²) in [4.78, 5) is 8.06. The van der Waals surface area contributed by atoms with E-state index in [1.807, 2.05) is 0 Å². The second-order valence-electron chi connectivity index (χ2n) is 1.45. The Bertz CT molecular complexity index is 133. The average Bonchev–Trinajstić information content (AvgIpc) is 1.73. The lowest BCUT2D eigenvalue weighted by atomic mass is 10.6. The van der Waals surface area contributed by atoms with Crippen molar-refractivity contribution < 1.29 is 31.5 Å². The van der Waals surface area contributed by atoms with Crippen LogP contribution in [0.25, 0.3) is 0 Å². The molecule has 3 nitrogen and oxygen atoms in total. The van der Waals surface area contributed by atoms with E-state index in [0.717, 1.165) is 0 Å². The minimum Gasteiger partial charge on any atom is -0.328 e. The molecule has 1 aliphatic heterocycles. The van der Waals surface area contributed by atoms with Gasteiger partial charge in [0, 0.05) is 0 Å². The molecule has 0 aromatic rings. The Labute approximate surface area is 53.5 Å². The van der Waals surface area contributed by atoms with E-state index in [1.165, 1.54) is 0 Å². The SMILES string of the molecule is OP1OC(F)(F)C(F)(F)O1. The monoisotopic (exact) mass is 180 g/mol. The highest BCUT2D eigenvalue weighted by atomic mass is 31.2. The molecule has 1 saturated heterocycles. The van der Waals surface area contributed by atoms with Crippen molar-refractivity contribution in [3.05, 3.63) is 0 Å². The van der Waals surface area contributed by atoms with Crippen LogP contribution in [-0.4, -0.2) is 17.1 Å². The maximum Gasteiger partial charge on any atom is 0.455 e. The van der Waals surface area contributed by atoms with Gasteiger partial charge in [0.05, 0.1) is 0 Å². The number of halogens is 4. The van der Waals surface area contributed by atoms with Crippen molar-refractivity contribution in [2.45, 2.75) is 12.2 Å². The summed E-state index contributed by atoms with van der Waals surface area (Å²) in [6.45, 7) is 0. The summed E-state index contributed by atoms with van der Waals surface area (Å²) in [5, 5.41) is 0. The van der Waals surface area contributed by atoms with E-state index in [-0.39, 0.29) is 0 Å². The van der Waals surface area contributed by atoms with Gasteiger partial charge in [-0.25, -0.2) is 9.05 Å². The zero-order valence-corrected chi connectivity index (χ0v) is 5.12. The summed E-state index contributed by atoms with van der Waals surface area (Å²) in [6, 6.07) is 0. The second kappa shape index (κ2) is 2.01. The quantitative estimate of drug-likeness (QED) is 0.452. The Morgan fingerprint density at radius 2 is 1.30 bits per heavy atom. The van der Waals surface area contributed by atoms with Crippen molar-refractivity contribution in [3.8, 4) is 0 Å². The summed E-state index contributed by atoms with van der Waals surface area (Å²) < 4.78 is 53.1. The van der Waals surface area contributed by atoms with Gasteiger partial charge >= 0.3 is 20.8 Å². The Morgan fingerprint density at radius 3 is 1.40 bits per heavy atom. The highest BCUT2D eigenvalue weighted by Crippen LogP contribution is 2.58. The predicted molar refractivity (Wildman–Crippen MR) is 21.2 cm³/mol. The van der Waals surface area contributed by atoms with Crippen LogP contribution in [0, 0.1) is 0 Å². The first-order chi connectivity index (χ1) is 4.35. The standard InChI is InChI=1S/C2HF4O3P/c3-1(4)2(5,6)9-10(7)8-1/h7H. The van der Waals surface area contributed by atoms with Crippen LogP contribution >= 0.6 is 8.60 Å². The van der Waals surface area contributed by atoms with Crippen LogP contribution < -0.4 is 0 Å². The molecule has 0 bridgehead atoms. The van der Waals surface area contributed by atoms with Crippen LogP contribution in [0.1, 0.15) is 0 Å². The van der Waals surface area contributed by atoms with E-state index in [0.29, 0.717) is 0 Å². The summed E-state index contributed by atoms with van der Waals surface area (Å²) >= 11 is 0. The predicted octanol–water partition coefficient (Wildman–Crippen LogP) is 1.44. The smallest absolute Gasteiger partial charge is 0.328 e. The molecule has 0 spiro atoms. The lowest BCUT2D eigenvalue weighted by Crippen LogP contribution is -2.36. The molecule has 0 amide bonds. The van der Waals surface area contributed by atoms with Gasteiger partial charge in [-0.15, -0.1) is 0 Å². The fraction of sp³-hybridized carbons (Fsp3) is 1.00. The molecule has 0 radical (unpaired) electrons. The third kappa shape index (κ3) is 1.10. The summed E-state index contributed by atoms with van der Waals surface area (Å²) in [6.07, 6.45) is -9.43. The van der Waals surface area contributed by atoms with Crippen LogP contribution in [0.15, 0.2) is 0 Å². The normalized spacial score (nSPS) is 30.9. The van der Waals surface area contributed by atoms with Gasteiger partial charge in [-0.3, -0.25) is 0 Å². The topological polar surface area (TPSA) is 38.7 Å². The molecule has 10 heavy (non-hydrogen) atoms. The molecular weight excluding hydrogens is 179 g/mol. The Balaban J connectivity index is 2.78. The fourth-order valence-corrected chi connectivity index (χ4v) is 0.963. The van der Waals surface area contributed by atoms with Crippen LogP contribution in [0.2, 0.25) is 0 Å². The van der Waals surface area contributed by atoms with E-state index in [4.69, 9.17) is 4.89 Å². The first-order valence-electron chi connectivity index (χ1n) is 1.98. The Kier molecular flexibility index (Phi) is 1.63. The second-order valence-corrected chi connectivity index (χ2v) is 2.29. The van der Waals surface area contributed by atoms with Gasteiger partial charge in [-0.1, -0.05) is 0 Å². The molecule has 1 fully saturated rings. The van der Waals surface area contributed by atoms with Crippen LogP contribution in [0.3, 0.4) is 0 Å². The molecule has 0 aromatic heterocycles. The molecule has 1 heterocycles. The minimum absolute atomic E-state index is 3.08. The van der Waals surface area contributed by atoms with Gasteiger partial charge in [0.2, 0.25) is 0 Å². The first kappa shape index (κ1) is 8.13. The zero-order chi connectivity index (χ0) is 7.99. The van der Waals surface area contributed by atoms with Gasteiger partial charge in [-0.2, -0.15) is 17.6 Å². The van der Waals surface area contributed by atoms with Gasteiger partial charge in [0.15, 0.2) is 0 Å². The molecule has 0 atom stereocenters. The largest absolute Gasteiger partial charge is 0.455 e.